The number of nitrogens with one attached hydrogen (secondary N) is 4. The van der Waals surface area contributed by atoms with Crippen molar-refractivity contribution in [3.05, 3.63) is 29.3 Å². The Balaban J connectivity index is 2.12. The second-order valence-electron chi connectivity index (χ2n) is 12.8. The molecule has 1 heterocycles. The molecule has 41 heavy (non-hydrogen) atoms. The largest absolute Gasteiger partial charge is 0.494 e. The monoisotopic (exact) mass is 576 g/mol. The number of carbonyl (C=O) groups excluding carboxylic acids is 4. The third kappa shape index (κ3) is 10.9. The fourth-order valence-corrected chi connectivity index (χ4v) is 3.54. The Morgan fingerprint density at radius 1 is 0.659 bits per heavy atom. The van der Waals surface area contributed by atoms with E-state index in [9.17, 15) is 19.2 Å². The van der Waals surface area contributed by atoms with E-state index in [-0.39, 0.29) is 37.3 Å². The van der Waals surface area contributed by atoms with Crippen LogP contribution in [0.5, 0.6) is 0 Å². The van der Waals surface area contributed by atoms with Crippen molar-refractivity contribution in [2.24, 2.45) is 0 Å². The molecule has 1 aliphatic rings. The van der Waals surface area contributed by atoms with Crippen LogP contribution in [0.15, 0.2) is 18.2 Å². The molecular formula is C28H45BN4O8. The standard InChI is InChI=1S/C28H45BN4O8/c1-25(2,3)38-23(36)32-13-11-30-21(34)18-15-19(22(35)31-12-14-33-24(37)39-26(4,5)6)17-20(16-18)29-40-27(7,8)28(9,10)41-29/h15-17H,11-14H2,1-10H3,(H,30,34)(H,31,35)(H,32,36)(H,33,37). The van der Waals surface area contributed by atoms with Crippen LogP contribution in [0.1, 0.15) is 90.0 Å². The molecule has 0 aromatic heterocycles. The van der Waals surface area contributed by atoms with Gasteiger partial charge in [0.25, 0.3) is 11.8 Å². The molecule has 0 spiro atoms. The molecule has 4 N–H and O–H groups in total. The molecule has 228 valence electrons. The zero-order valence-corrected chi connectivity index (χ0v) is 25.9. The molecule has 2 rings (SSSR count). The van der Waals surface area contributed by atoms with Gasteiger partial charge in [0.2, 0.25) is 0 Å². The van der Waals surface area contributed by atoms with Gasteiger partial charge in [-0.2, -0.15) is 0 Å². The summed E-state index contributed by atoms with van der Waals surface area (Å²) in [6.07, 6.45) is -1.18. The van der Waals surface area contributed by atoms with Gasteiger partial charge in [0, 0.05) is 37.3 Å². The maximum absolute atomic E-state index is 13.0. The number of alkyl carbamates (subject to hydrolysis) is 2. The van der Waals surface area contributed by atoms with Crippen molar-refractivity contribution in [1.82, 2.24) is 21.3 Å². The van der Waals surface area contributed by atoms with Gasteiger partial charge in [0.05, 0.1) is 11.2 Å². The zero-order valence-electron chi connectivity index (χ0n) is 25.9. The Kier molecular flexibility index (Phi) is 10.8. The first-order valence-electron chi connectivity index (χ1n) is 13.7. The van der Waals surface area contributed by atoms with Gasteiger partial charge < -0.3 is 40.0 Å². The third-order valence-electron chi connectivity index (χ3n) is 6.16. The average molecular weight is 577 g/mol. The van der Waals surface area contributed by atoms with E-state index in [0.29, 0.717) is 5.46 Å². The Bertz CT molecular complexity index is 1040. The summed E-state index contributed by atoms with van der Waals surface area (Å²) in [6.45, 7) is 18.7. The van der Waals surface area contributed by atoms with Gasteiger partial charge in [-0.05, 0) is 92.9 Å². The molecule has 4 amide bonds. The summed E-state index contributed by atoms with van der Waals surface area (Å²) in [4.78, 5) is 49.8. The van der Waals surface area contributed by atoms with Gasteiger partial charge >= 0.3 is 19.3 Å². The van der Waals surface area contributed by atoms with Gasteiger partial charge in [-0.15, -0.1) is 0 Å². The summed E-state index contributed by atoms with van der Waals surface area (Å²) in [5.74, 6) is -0.898. The minimum atomic E-state index is -0.804. The maximum Gasteiger partial charge on any atom is 0.494 e. The van der Waals surface area contributed by atoms with Gasteiger partial charge in [-0.25, -0.2) is 9.59 Å². The van der Waals surface area contributed by atoms with E-state index >= 15 is 0 Å². The van der Waals surface area contributed by atoms with E-state index < -0.39 is 53.5 Å². The van der Waals surface area contributed by atoms with E-state index in [0.717, 1.165) is 0 Å². The first-order valence-corrected chi connectivity index (χ1v) is 13.7. The Hall–Kier alpha value is -3.32. The van der Waals surface area contributed by atoms with E-state index in [4.69, 9.17) is 18.8 Å². The van der Waals surface area contributed by atoms with Gasteiger partial charge in [-0.1, -0.05) is 0 Å². The van der Waals surface area contributed by atoms with Crippen molar-refractivity contribution in [3.8, 4) is 0 Å². The highest BCUT2D eigenvalue weighted by Crippen LogP contribution is 2.36. The number of ether oxygens (including phenoxy) is 2. The molecule has 0 aliphatic carbocycles. The Morgan fingerprint density at radius 3 is 1.34 bits per heavy atom. The van der Waals surface area contributed by atoms with Gasteiger partial charge in [0.1, 0.15) is 11.2 Å². The molecule has 1 aromatic carbocycles. The lowest BCUT2D eigenvalue weighted by molar-refractivity contribution is 0.00578. The molecule has 0 bridgehead atoms. The highest BCUT2D eigenvalue weighted by molar-refractivity contribution is 6.62. The van der Waals surface area contributed by atoms with E-state index in [2.05, 4.69) is 21.3 Å². The number of amides is 4. The number of benzene rings is 1. The summed E-state index contributed by atoms with van der Waals surface area (Å²) in [7, 11) is -0.804. The predicted octanol–water partition coefficient (Wildman–Crippen LogP) is 2.49. The van der Waals surface area contributed by atoms with Crippen molar-refractivity contribution in [2.75, 3.05) is 26.2 Å². The lowest BCUT2D eigenvalue weighted by Crippen LogP contribution is -2.41. The summed E-state index contributed by atoms with van der Waals surface area (Å²) in [6, 6.07) is 4.68. The lowest BCUT2D eigenvalue weighted by Gasteiger charge is -2.32. The normalized spacial score (nSPS) is 16.0. The smallest absolute Gasteiger partial charge is 0.444 e. The lowest BCUT2D eigenvalue weighted by atomic mass is 9.77. The van der Waals surface area contributed by atoms with Crippen LogP contribution < -0.4 is 26.7 Å². The van der Waals surface area contributed by atoms with Crippen LogP contribution in [-0.4, -0.2) is 79.7 Å². The topological polar surface area (TPSA) is 153 Å². The second kappa shape index (κ2) is 13.1. The van der Waals surface area contributed by atoms with Crippen molar-refractivity contribution >= 4 is 36.6 Å². The predicted molar refractivity (Wildman–Crippen MR) is 155 cm³/mol. The number of rotatable bonds is 9. The van der Waals surface area contributed by atoms with Crippen molar-refractivity contribution in [3.63, 3.8) is 0 Å². The average Bonchev–Trinajstić information content (AvgIpc) is 3.03. The number of hydrogen-bond donors (Lipinski definition) is 4. The van der Waals surface area contributed by atoms with Gasteiger partial charge in [-0.3, -0.25) is 9.59 Å². The van der Waals surface area contributed by atoms with Crippen LogP contribution in [0.4, 0.5) is 9.59 Å². The van der Waals surface area contributed by atoms with Crippen LogP contribution in [0.3, 0.4) is 0 Å². The molecule has 0 radical (unpaired) electrons. The molecule has 1 fully saturated rings. The molecule has 0 atom stereocenters. The first kappa shape index (κ1) is 33.9. The molecule has 0 saturated carbocycles. The van der Waals surface area contributed by atoms with Crippen molar-refractivity contribution in [1.29, 1.82) is 0 Å². The van der Waals surface area contributed by atoms with Gasteiger partial charge in [0.15, 0.2) is 0 Å². The van der Waals surface area contributed by atoms with E-state index in [1.165, 1.54) is 6.07 Å². The summed E-state index contributed by atoms with van der Waals surface area (Å²) < 4.78 is 22.7. The minimum absolute atomic E-state index is 0.136. The summed E-state index contributed by atoms with van der Waals surface area (Å²) in [5, 5.41) is 10.6. The molecule has 0 unspecified atom stereocenters. The SMILES string of the molecule is CC(C)(C)OC(=O)NCCNC(=O)c1cc(B2OC(C)(C)C(C)(C)O2)cc(C(=O)NCCNC(=O)OC(C)(C)C)c1. The highest BCUT2D eigenvalue weighted by Gasteiger charge is 2.52. The second-order valence-corrected chi connectivity index (χ2v) is 12.8. The first-order chi connectivity index (χ1) is 18.7. The fraction of sp³-hybridized carbons (Fsp3) is 0.643. The summed E-state index contributed by atoms with van der Waals surface area (Å²) in [5.41, 5.74) is -1.59. The molecule has 13 heteroatoms. The fourth-order valence-electron chi connectivity index (χ4n) is 3.54. The number of carbonyl (C=O) groups is 4. The third-order valence-corrected chi connectivity index (χ3v) is 6.16. The molecule has 1 aromatic rings. The molecule has 1 aliphatic heterocycles. The minimum Gasteiger partial charge on any atom is -0.444 e. The maximum atomic E-state index is 13.0. The van der Waals surface area contributed by atoms with Crippen LogP contribution in [-0.2, 0) is 18.8 Å². The number of hydrogen-bond acceptors (Lipinski definition) is 8. The van der Waals surface area contributed by atoms with E-state index in [1.807, 2.05) is 27.7 Å². The van der Waals surface area contributed by atoms with Crippen LogP contribution in [0.2, 0.25) is 0 Å². The summed E-state index contributed by atoms with van der Waals surface area (Å²) >= 11 is 0. The Labute approximate surface area is 243 Å². The van der Waals surface area contributed by atoms with Crippen molar-refractivity contribution < 1.29 is 38.0 Å². The zero-order chi connectivity index (χ0) is 31.2. The van der Waals surface area contributed by atoms with Crippen LogP contribution >= 0.6 is 0 Å². The quantitative estimate of drug-likeness (QED) is 0.258. The van der Waals surface area contributed by atoms with Crippen molar-refractivity contribution in [2.45, 2.75) is 91.6 Å². The van der Waals surface area contributed by atoms with Crippen LogP contribution in [0.25, 0.3) is 0 Å². The Morgan fingerprint density at radius 2 is 1.00 bits per heavy atom. The molecule has 1 saturated heterocycles. The van der Waals surface area contributed by atoms with Crippen LogP contribution in [0, 0.1) is 0 Å². The highest BCUT2D eigenvalue weighted by atomic mass is 16.7. The molecule has 12 nitrogen and oxygen atoms in total. The molecular weight excluding hydrogens is 531 g/mol. The van der Waals surface area contributed by atoms with E-state index in [1.54, 1.807) is 53.7 Å².